The summed E-state index contributed by atoms with van der Waals surface area (Å²) in [6.07, 6.45) is 9.46. The molecule has 0 spiro atoms. The number of aryl methyl sites for hydroxylation is 1. The first-order chi connectivity index (χ1) is 19.6. The maximum atomic E-state index is 12.6. The molecule has 3 heterocycles. The summed E-state index contributed by atoms with van der Waals surface area (Å²) in [5, 5.41) is 3.03. The minimum Gasteiger partial charge on any atom is -0.493 e. The normalized spacial score (nSPS) is 13.6. The van der Waals surface area contributed by atoms with Crippen LogP contribution in [0.25, 0.3) is 10.4 Å². The predicted molar refractivity (Wildman–Crippen MR) is 166 cm³/mol. The van der Waals surface area contributed by atoms with E-state index in [1.54, 1.807) is 0 Å². The van der Waals surface area contributed by atoms with Gasteiger partial charge < -0.3 is 10.1 Å². The maximum Gasteiger partial charge on any atom is 0.255 e. The van der Waals surface area contributed by atoms with Gasteiger partial charge in [0.25, 0.3) is 5.91 Å². The molecule has 0 atom stereocenters. The number of pyridine rings is 1. The van der Waals surface area contributed by atoms with Crippen molar-refractivity contribution in [2.75, 3.05) is 13.2 Å². The van der Waals surface area contributed by atoms with Crippen LogP contribution in [-0.4, -0.2) is 28.3 Å². The summed E-state index contributed by atoms with van der Waals surface area (Å²) in [6, 6.07) is 22.2. The Balaban J connectivity index is 1.23. The molecule has 7 heteroatoms. The highest BCUT2D eigenvalue weighted by atomic mass is 32.2. The Morgan fingerprint density at radius 2 is 1.98 bits per heavy atom. The van der Waals surface area contributed by atoms with Crippen molar-refractivity contribution in [1.29, 1.82) is 0 Å². The molecular weight excluding hydrogens is 535 g/mol. The van der Waals surface area contributed by atoms with E-state index in [9.17, 15) is 4.79 Å². The number of fused-ring (bicyclic) bond motifs is 1. The van der Waals surface area contributed by atoms with Crippen LogP contribution in [0.4, 0.5) is 0 Å². The average molecular weight is 570 g/mol. The molecule has 1 amide bonds. The van der Waals surface area contributed by atoms with Crippen molar-refractivity contribution >= 4 is 29.2 Å². The van der Waals surface area contributed by atoms with Crippen molar-refractivity contribution in [2.45, 2.75) is 50.3 Å². The highest BCUT2D eigenvalue weighted by Crippen LogP contribution is 2.39. The van der Waals surface area contributed by atoms with Gasteiger partial charge in [0.2, 0.25) is 0 Å². The molecule has 0 fully saturated rings. The van der Waals surface area contributed by atoms with Crippen LogP contribution < -0.4 is 10.1 Å². The van der Waals surface area contributed by atoms with Gasteiger partial charge in [0.05, 0.1) is 10.8 Å². The van der Waals surface area contributed by atoms with Crippen LogP contribution in [-0.2, 0) is 19.4 Å². The number of nitrogens with zero attached hydrogens (tertiary/aromatic N) is 2. The second-order valence-electron chi connectivity index (χ2n) is 9.73. The lowest BCUT2D eigenvalue weighted by atomic mass is 9.93. The second kappa shape index (κ2) is 13.8. The second-order valence-corrected chi connectivity index (χ2v) is 12.2. The monoisotopic (exact) mass is 569 g/mol. The molecule has 206 valence electrons. The van der Waals surface area contributed by atoms with Crippen LogP contribution >= 0.6 is 23.3 Å². The molecule has 1 aliphatic heterocycles. The van der Waals surface area contributed by atoms with Crippen LogP contribution in [0.3, 0.4) is 0 Å². The molecule has 0 saturated heterocycles. The van der Waals surface area contributed by atoms with Crippen LogP contribution in [0.15, 0.2) is 95.1 Å². The number of rotatable bonds is 11. The van der Waals surface area contributed by atoms with Crippen LogP contribution in [0.2, 0.25) is 0 Å². The number of hydrogen-bond donors (Lipinski definition) is 1. The molecule has 2 aromatic carbocycles. The molecule has 5 rings (SSSR count). The fourth-order valence-electron chi connectivity index (χ4n) is 4.92. The average Bonchev–Trinajstić information content (AvgIpc) is 3.47. The summed E-state index contributed by atoms with van der Waals surface area (Å²) in [7, 11) is 0. The van der Waals surface area contributed by atoms with Gasteiger partial charge in [-0.05, 0) is 79.2 Å². The van der Waals surface area contributed by atoms with Gasteiger partial charge in [-0.1, -0.05) is 49.8 Å². The molecule has 2 aromatic heterocycles. The third-order valence-electron chi connectivity index (χ3n) is 6.98. The molecule has 1 N–H and O–H groups in total. The molecule has 0 aliphatic carbocycles. The zero-order valence-electron chi connectivity index (χ0n) is 23.1. The first-order valence-corrected chi connectivity index (χ1v) is 15.4. The number of amides is 1. The van der Waals surface area contributed by atoms with E-state index in [1.807, 2.05) is 85.1 Å². The lowest BCUT2D eigenvalue weighted by Crippen LogP contribution is -2.26. The SMILES string of the molecule is C/C=C(\CCOc1ccc(CCC)c2c1CCN(Sc1ccc(-c3cccnc3)s1)C2)NC(=O)c1ccccc1. The van der Waals surface area contributed by atoms with Crippen molar-refractivity contribution in [3.63, 3.8) is 0 Å². The van der Waals surface area contributed by atoms with Gasteiger partial charge in [-0.15, -0.1) is 11.3 Å². The molecule has 0 radical (unpaired) electrons. The highest BCUT2D eigenvalue weighted by Gasteiger charge is 2.24. The number of hydrogen-bond acceptors (Lipinski definition) is 6. The third kappa shape index (κ3) is 7.02. The molecular formula is C33H35N3O2S2. The fraction of sp³-hybridized carbons (Fsp3) is 0.273. The van der Waals surface area contributed by atoms with E-state index < -0.39 is 0 Å². The van der Waals surface area contributed by atoms with Crippen molar-refractivity contribution < 1.29 is 9.53 Å². The zero-order chi connectivity index (χ0) is 27.7. The van der Waals surface area contributed by atoms with E-state index in [2.05, 4.69) is 51.9 Å². The smallest absolute Gasteiger partial charge is 0.255 e. The first-order valence-electron chi connectivity index (χ1n) is 13.9. The van der Waals surface area contributed by atoms with Crippen molar-refractivity contribution in [3.8, 4) is 16.2 Å². The summed E-state index contributed by atoms with van der Waals surface area (Å²) in [4.78, 5) is 18.1. The Bertz CT molecular complexity index is 1450. The number of allylic oxidation sites excluding steroid dienone is 1. The number of aromatic nitrogens is 1. The van der Waals surface area contributed by atoms with Gasteiger partial charge >= 0.3 is 0 Å². The van der Waals surface area contributed by atoms with Crippen LogP contribution in [0, 0.1) is 0 Å². The fourth-order valence-corrected chi connectivity index (χ4v) is 7.14. The van der Waals surface area contributed by atoms with Gasteiger partial charge in [-0.25, -0.2) is 4.31 Å². The van der Waals surface area contributed by atoms with Crippen molar-refractivity contribution in [1.82, 2.24) is 14.6 Å². The van der Waals surface area contributed by atoms with Crippen molar-refractivity contribution in [2.24, 2.45) is 0 Å². The largest absolute Gasteiger partial charge is 0.493 e. The molecule has 0 bridgehead atoms. The first kappa shape index (κ1) is 28.1. The molecule has 1 aliphatic rings. The number of carbonyl (C=O) groups excluding carboxylic acids is 1. The van der Waals surface area contributed by atoms with E-state index >= 15 is 0 Å². The summed E-state index contributed by atoms with van der Waals surface area (Å²) >= 11 is 3.67. The topological polar surface area (TPSA) is 54.5 Å². The third-order valence-corrected chi connectivity index (χ3v) is 9.27. The Morgan fingerprint density at radius 1 is 1.10 bits per heavy atom. The summed E-state index contributed by atoms with van der Waals surface area (Å²) in [5.74, 6) is 0.880. The van der Waals surface area contributed by atoms with E-state index in [0.29, 0.717) is 18.6 Å². The number of carbonyl (C=O) groups is 1. The van der Waals surface area contributed by atoms with Gasteiger partial charge in [-0.3, -0.25) is 9.78 Å². The highest BCUT2D eigenvalue weighted by molar-refractivity contribution is 7.99. The summed E-state index contributed by atoms with van der Waals surface area (Å²) < 4.78 is 10.1. The number of benzene rings is 2. The van der Waals surface area contributed by atoms with Crippen molar-refractivity contribution in [3.05, 3.63) is 113 Å². The number of ether oxygens (including phenoxy) is 1. The van der Waals surface area contributed by atoms with Gasteiger partial charge in [0.15, 0.2) is 0 Å². The summed E-state index contributed by atoms with van der Waals surface area (Å²) in [5.41, 5.74) is 6.85. The molecule has 5 nitrogen and oxygen atoms in total. The van der Waals surface area contributed by atoms with Gasteiger partial charge in [-0.2, -0.15) is 0 Å². The maximum absolute atomic E-state index is 12.6. The predicted octanol–water partition coefficient (Wildman–Crippen LogP) is 7.93. The van der Waals surface area contributed by atoms with Crippen LogP contribution in [0.1, 0.15) is 53.7 Å². The zero-order valence-corrected chi connectivity index (χ0v) is 24.7. The number of nitrogens with one attached hydrogen (secondary N) is 1. The van der Waals surface area contributed by atoms with E-state index in [0.717, 1.165) is 49.4 Å². The van der Waals surface area contributed by atoms with Crippen LogP contribution in [0.5, 0.6) is 5.75 Å². The van der Waals surface area contributed by atoms with E-state index in [1.165, 1.54) is 25.8 Å². The lowest BCUT2D eigenvalue weighted by Gasteiger charge is -2.30. The Hall–Kier alpha value is -3.39. The van der Waals surface area contributed by atoms with E-state index in [4.69, 9.17) is 4.74 Å². The Kier molecular flexibility index (Phi) is 9.71. The number of thiophene rings is 1. The minimum absolute atomic E-state index is 0.0918. The Morgan fingerprint density at radius 3 is 2.75 bits per heavy atom. The molecule has 0 saturated carbocycles. The van der Waals surface area contributed by atoms with Gasteiger partial charge in [0.1, 0.15) is 5.75 Å². The molecule has 4 aromatic rings. The standard InChI is InChI=1S/C33H35N3O2S2/c1-3-9-24-13-14-30(38-21-18-27(4-2)35-33(37)25-10-6-5-7-11-25)28-17-20-36(23-29(24)28)40-32-16-15-31(39-32)26-12-8-19-34-22-26/h4-8,10-16,19,22H,3,9,17-18,20-21,23H2,1-2H3,(H,35,37)/b27-4+. The Labute approximate surface area is 245 Å². The molecule has 0 unspecified atom stereocenters. The quantitative estimate of drug-likeness (QED) is 0.186. The summed E-state index contributed by atoms with van der Waals surface area (Å²) in [6.45, 7) is 6.57. The molecule has 40 heavy (non-hydrogen) atoms. The lowest BCUT2D eigenvalue weighted by molar-refractivity contribution is 0.0963. The minimum atomic E-state index is -0.0918. The van der Waals surface area contributed by atoms with Gasteiger partial charge in [0, 0.05) is 59.2 Å². The van der Waals surface area contributed by atoms with E-state index in [-0.39, 0.29) is 5.91 Å².